The predicted molar refractivity (Wildman–Crippen MR) is 129 cm³/mol. The molecule has 0 saturated carbocycles. The smallest absolute Gasteiger partial charge is 0.413 e. The highest BCUT2D eigenvalue weighted by Crippen LogP contribution is 2.35. The maximum Gasteiger partial charge on any atom is 0.413 e. The van der Waals surface area contributed by atoms with Crippen LogP contribution in [0.4, 0.5) is 13.6 Å². The van der Waals surface area contributed by atoms with Gasteiger partial charge in [0.1, 0.15) is 40.2 Å². The van der Waals surface area contributed by atoms with Gasteiger partial charge < -0.3 is 9.30 Å². The minimum absolute atomic E-state index is 0.0147. The van der Waals surface area contributed by atoms with Crippen molar-refractivity contribution in [3.8, 4) is 6.07 Å². The number of nitrogens with one attached hydrogen (secondary N) is 1. The number of halogens is 2. The van der Waals surface area contributed by atoms with Gasteiger partial charge in [0.15, 0.2) is 17.4 Å². The summed E-state index contributed by atoms with van der Waals surface area (Å²) < 4.78 is 35.2. The van der Waals surface area contributed by atoms with Crippen LogP contribution in [0.2, 0.25) is 0 Å². The Morgan fingerprint density at radius 1 is 1.19 bits per heavy atom. The molecular formula is C26H24F2N6O3. The third-order valence-corrected chi connectivity index (χ3v) is 5.61. The Morgan fingerprint density at radius 2 is 1.95 bits per heavy atom. The van der Waals surface area contributed by atoms with Crippen molar-refractivity contribution in [1.82, 2.24) is 19.9 Å². The van der Waals surface area contributed by atoms with Crippen LogP contribution in [0.15, 0.2) is 47.7 Å². The van der Waals surface area contributed by atoms with Crippen molar-refractivity contribution < 1.29 is 23.1 Å². The molecule has 1 aliphatic rings. The number of aliphatic imine (C=N–C) groups is 1. The molecule has 0 radical (unpaired) electrons. The second kappa shape index (κ2) is 9.54. The Bertz CT molecular complexity index is 1450. The maximum absolute atomic E-state index is 15.2. The Kier molecular flexibility index (Phi) is 6.61. The number of Topliss-reactive ketones (excluding diaryl/α,β-unsaturated/α-hetero) is 1. The van der Waals surface area contributed by atoms with Crippen molar-refractivity contribution in [3.63, 3.8) is 0 Å². The van der Waals surface area contributed by atoms with E-state index >= 15 is 4.39 Å². The summed E-state index contributed by atoms with van der Waals surface area (Å²) in [4.78, 5) is 37.8. The molecule has 3 aromatic rings. The highest BCUT2D eigenvalue weighted by atomic mass is 19.1. The summed E-state index contributed by atoms with van der Waals surface area (Å²) in [5.41, 5.74) is -1.13. The second-order valence-corrected chi connectivity index (χ2v) is 9.80. The van der Waals surface area contributed by atoms with Crippen LogP contribution >= 0.6 is 0 Å². The van der Waals surface area contributed by atoms with Gasteiger partial charge >= 0.3 is 6.09 Å². The molecule has 37 heavy (non-hydrogen) atoms. The van der Waals surface area contributed by atoms with Gasteiger partial charge in [-0.25, -0.2) is 18.6 Å². The fraction of sp³-hybridized carbons (Fsp3) is 0.308. The average molecular weight is 507 g/mol. The van der Waals surface area contributed by atoms with Crippen molar-refractivity contribution in [2.45, 2.75) is 51.8 Å². The highest BCUT2D eigenvalue weighted by molar-refractivity contribution is 6.05. The van der Waals surface area contributed by atoms with E-state index in [1.165, 1.54) is 30.5 Å². The van der Waals surface area contributed by atoms with Gasteiger partial charge in [0, 0.05) is 12.0 Å². The lowest BCUT2D eigenvalue weighted by Gasteiger charge is -2.33. The Hall–Kier alpha value is -4.46. The van der Waals surface area contributed by atoms with E-state index in [1.807, 2.05) is 6.07 Å². The average Bonchev–Trinajstić information content (AvgIpc) is 3.22. The van der Waals surface area contributed by atoms with E-state index in [0.717, 1.165) is 12.3 Å². The summed E-state index contributed by atoms with van der Waals surface area (Å²) in [6.45, 7) is 6.82. The van der Waals surface area contributed by atoms with E-state index < -0.39 is 28.9 Å². The van der Waals surface area contributed by atoms with Crippen LogP contribution < -0.4 is 5.32 Å². The summed E-state index contributed by atoms with van der Waals surface area (Å²) in [6.07, 6.45) is 1.41. The molecule has 1 aromatic carbocycles. The summed E-state index contributed by atoms with van der Waals surface area (Å²) >= 11 is 0. The van der Waals surface area contributed by atoms with Crippen LogP contribution in [0.1, 0.15) is 60.8 Å². The summed E-state index contributed by atoms with van der Waals surface area (Å²) in [5, 5.41) is 12.1. The van der Waals surface area contributed by atoms with Gasteiger partial charge in [0.05, 0.1) is 18.9 Å². The number of amidine groups is 1. The molecule has 4 rings (SSSR count). The first-order chi connectivity index (χ1) is 17.4. The number of pyridine rings is 1. The number of carbonyl (C=O) groups excluding carboxylic acids is 2. The second-order valence-electron chi connectivity index (χ2n) is 9.80. The zero-order chi connectivity index (χ0) is 27.0. The summed E-state index contributed by atoms with van der Waals surface area (Å²) in [6, 6.07) is 8.68. The lowest BCUT2D eigenvalue weighted by Crippen LogP contribution is -2.44. The first-order valence-electron chi connectivity index (χ1n) is 11.4. The van der Waals surface area contributed by atoms with Crippen LogP contribution in [0, 0.1) is 23.0 Å². The van der Waals surface area contributed by atoms with Crippen molar-refractivity contribution in [1.29, 1.82) is 5.26 Å². The van der Waals surface area contributed by atoms with Gasteiger partial charge in [0.25, 0.3) is 0 Å². The first kappa shape index (κ1) is 25.6. The molecule has 3 heterocycles. The normalized spacial score (nSPS) is 16.8. The number of carbonyl (C=O) groups is 2. The molecule has 0 aliphatic carbocycles. The van der Waals surface area contributed by atoms with Crippen molar-refractivity contribution in [2.75, 3.05) is 0 Å². The number of benzene rings is 1. The number of nitrogens with zero attached hydrogens (tertiary/aromatic N) is 5. The van der Waals surface area contributed by atoms with Gasteiger partial charge in [-0.15, -0.1) is 0 Å². The zero-order valence-corrected chi connectivity index (χ0v) is 20.7. The number of aromatic nitrogens is 3. The van der Waals surface area contributed by atoms with E-state index in [2.05, 4.69) is 20.3 Å². The molecule has 0 bridgehead atoms. The number of imidazole rings is 1. The molecule has 0 spiro atoms. The van der Waals surface area contributed by atoms with Gasteiger partial charge in [-0.1, -0.05) is 6.07 Å². The number of fused-ring (bicyclic) bond motifs is 1. The standard InChI is InChI=1S/C26H24F2N6O3/c1-25(2,3)37-24(36)32-22-23-31-13-17(11-29)34(23)14-26(4,33-22)18-9-15(5-7-19(18)28)10-21(35)20-8-6-16(27)12-30-20/h5-9,12-13H,10,14H2,1-4H3,(H,32,33,36). The van der Waals surface area contributed by atoms with Crippen LogP contribution in [0.3, 0.4) is 0 Å². The van der Waals surface area contributed by atoms with Crippen molar-refractivity contribution in [3.05, 3.63) is 82.7 Å². The maximum atomic E-state index is 15.2. The molecule has 1 unspecified atom stereocenters. The van der Waals surface area contributed by atoms with Gasteiger partial charge in [-0.2, -0.15) is 5.26 Å². The quantitative estimate of drug-likeness (QED) is 0.533. The van der Waals surface area contributed by atoms with Crippen LogP contribution in [0.25, 0.3) is 0 Å². The molecule has 11 heteroatoms. The number of alkyl carbamates (subject to hydrolysis) is 1. The van der Waals surface area contributed by atoms with Gasteiger partial charge in [-0.3, -0.25) is 20.1 Å². The van der Waals surface area contributed by atoms with E-state index in [-0.39, 0.29) is 47.4 Å². The van der Waals surface area contributed by atoms with Gasteiger partial charge in [-0.05, 0) is 57.5 Å². The molecule has 1 amide bonds. The lowest BCUT2D eigenvalue weighted by molar-refractivity contribution is 0.0562. The molecule has 0 fully saturated rings. The minimum Gasteiger partial charge on any atom is -0.444 e. The minimum atomic E-state index is -1.28. The van der Waals surface area contributed by atoms with E-state index in [4.69, 9.17) is 4.74 Å². The van der Waals surface area contributed by atoms with Crippen LogP contribution in [-0.4, -0.2) is 37.8 Å². The number of rotatable bonds is 4. The molecule has 2 aromatic heterocycles. The molecule has 1 atom stereocenters. The third kappa shape index (κ3) is 5.53. The fourth-order valence-electron chi connectivity index (χ4n) is 4.00. The largest absolute Gasteiger partial charge is 0.444 e. The zero-order valence-electron chi connectivity index (χ0n) is 20.7. The molecule has 0 saturated heterocycles. The van der Waals surface area contributed by atoms with Crippen LogP contribution in [0.5, 0.6) is 0 Å². The number of hydrogen-bond donors (Lipinski definition) is 1. The molecule has 9 nitrogen and oxygen atoms in total. The number of hydrogen-bond acceptors (Lipinski definition) is 7. The molecular weight excluding hydrogens is 482 g/mol. The summed E-state index contributed by atoms with van der Waals surface area (Å²) in [5.74, 6) is -1.27. The number of amides is 1. The Labute approximate surface area is 211 Å². The number of nitriles is 1. The molecule has 1 N–H and O–H groups in total. The lowest BCUT2D eigenvalue weighted by atomic mass is 9.88. The fourth-order valence-corrected chi connectivity index (χ4v) is 4.00. The Morgan fingerprint density at radius 3 is 2.59 bits per heavy atom. The number of ketones is 1. The monoisotopic (exact) mass is 506 g/mol. The Balaban J connectivity index is 1.71. The van der Waals surface area contributed by atoms with Crippen molar-refractivity contribution in [2.24, 2.45) is 4.99 Å². The van der Waals surface area contributed by atoms with E-state index in [9.17, 15) is 19.2 Å². The molecule has 1 aliphatic heterocycles. The summed E-state index contributed by atoms with van der Waals surface area (Å²) in [7, 11) is 0. The topological polar surface area (TPSA) is 122 Å². The third-order valence-electron chi connectivity index (χ3n) is 5.61. The number of ether oxygens (including phenoxy) is 1. The SMILES string of the molecule is CC(C)(C)OC(=O)NC1=NC(C)(c2cc(CC(=O)c3ccc(F)cn3)ccc2F)Cn2c(C#N)cnc21. The first-order valence-corrected chi connectivity index (χ1v) is 11.4. The predicted octanol–water partition coefficient (Wildman–Crippen LogP) is 4.05. The molecule has 190 valence electrons. The van der Waals surface area contributed by atoms with Crippen LogP contribution in [-0.2, 0) is 23.2 Å². The van der Waals surface area contributed by atoms with E-state index in [0.29, 0.717) is 5.56 Å². The van der Waals surface area contributed by atoms with Gasteiger partial charge in [0.2, 0.25) is 0 Å². The van der Waals surface area contributed by atoms with E-state index in [1.54, 1.807) is 32.3 Å². The highest BCUT2D eigenvalue weighted by Gasteiger charge is 2.38. The van der Waals surface area contributed by atoms with Crippen molar-refractivity contribution >= 4 is 17.7 Å².